The number of nitrogens with zero attached hydrogens (tertiary/aromatic N) is 1. The van der Waals surface area contributed by atoms with Gasteiger partial charge in [0.15, 0.2) is 0 Å². The number of hydrogen-bond donors (Lipinski definition) is 3. The number of halogens is 2. The first-order valence-corrected chi connectivity index (χ1v) is 7.32. The van der Waals surface area contributed by atoms with Gasteiger partial charge in [0, 0.05) is 30.4 Å². The summed E-state index contributed by atoms with van der Waals surface area (Å²) in [4.78, 5) is 30.3. The quantitative estimate of drug-likeness (QED) is 0.783. The Morgan fingerprint density at radius 1 is 1.39 bits per heavy atom. The normalized spacial score (nSPS) is 10.7. The van der Waals surface area contributed by atoms with Crippen LogP contribution in [0, 0.1) is 11.7 Å². The number of carbonyl (C=O) groups is 2. The molecule has 23 heavy (non-hydrogen) atoms. The molecule has 1 heterocycles. The Balaban J connectivity index is 2.18. The van der Waals surface area contributed by atoms with Gasteiger partial charge in [-0.2, -0.15) is 0 Å². The fourth-order valence-corrected chi connectivity index (χ4v) is 2.03. The molecule has 0 aliphatic heterocycles. The zero-order valence-corrected chi connectivity index (χ0v) is 13.4. The van der Waals surface area contributed by atoms with E-state index >= 15 is 0 Å². The van der Waals surface area contributed by atoms with Gasteiger partial charge < -0.3 is 10.3 Å². The number of anilines is 1. The third-order valence-electron chi connectivity index (χ3n) is 3.09. The van der Waals surface area contributed by atoms with Crippen molar-refractivity contribution in [2.45, 2.75) is 20.4 Å². The van der Waals surface area contributed by atoms with E-state index in [1.165, 1.54) is 12.3 Å². The third-order valence-corrected chi connectivity index (χ3v) is 3.40. The summed E-state index contributed by atoms with van der Waals surface area (Å²) in [5.41, 5.74) is 0.270. The summed E-state index contributed by atoms with van der Waals surface area (Å²) < 4.78 is 13.9. The highest BCUT2D eigenvalue weighted by atomic mass is 35.5. The number of nitrogens with one attached hydrogen (secondary N) is 3. The highest BCUT2D eigenvalue weighted by Crippen LogP contribution is 2.22. The van der Waals surface area contributed by atoms with Crippen LogP contribution in [-0.2, 0) is 11.3 Å². The van der Waals surface area contributed by atoms with Gasteiger partial charge in [-0.3, -0.25) is 14.9 Å². The Hall–Kier alpha value is -2.41. The molecule has 1 aromatic carbocycles. The number of aromatic amines is 1. The summed E-state index contributed by atoms with van der Waals surface area (Å²) in [5.74, 6) is -1.28. The standard InChI is InChI=1S/C15H16ClFN4O2/c1-8(2)13(22)20-7-9-5-10(11(16)6-12(9)17)14(23)21-15-18-3-4-19-15/h3-6,8H,7H2,1-2H3,(H,20,22)(H2,18,19,21,23). The van der Waals surface area contributed by atoms with Crippen LogP contribution in [0.15, 0.2) is 24.5 Å². The van der Waals surface area contributed by atoms with Crippen molar-refractivity contribution in [1.82, 2.24) is 15.3 Å². The lowest BCUT2D eigenvalue weighted by Gasteiger charge is -2.11. The average Bonchev–Trinajstić information content (AvgIpc) is 2.98. The number of aromatic nitrogens is 2. The molecule has 0 aliphatic rings. The molecule has 2 rings (SSSR count). The Bertz CT molecular complexity index is 717. The first kappa shape index (κ1) is 17.0. The average molecular weight is 339 g/mol. The number of hydrogen-bond acceptors (Lipinski definition) is 3. The molecular formula is C15H16ClFN4O2. The third kappa shape index (κ3) is 4.29. The second kappa shape index (κ2) is 7.23. The lowest BCUT2D eigenvalue weighted by molar-refractivity contribution is -0.124. The molecule has 0 atom stereocenters. The van der Waals surface area contributed by atoms with Gasteiger partial charge in [0.05, 0.1) is 10.6 Å². The predicted octanol–water partition coefficient (Wildman–Crippen LogP) is 2.73. The van der Waals surface area contributed by atoms with E-state index in [9.17, 15) is 14.0 Å². The van der Waals surface area contributed by atoms with Gasteiger partial charge in [-0.1, -0.05) is 25.4 Å². The maximum atomic E-state index is 13.9. The molecule has 2 amide bonds. The lowest BCUT2D eigenvalue weighted by Crippen LogP contribution is -2.27. The van der Waals surface area contributed by atoms with Crippen LogP contribution in [0.1, 0.15) is 29.8 Å². The highest BCUT2D eigenvalue weighted by Gasteiger charge is 2.16. The highest BCUT2D eigenvalue weighted by molar-refractivity contribution is 6.34. The molecular weight excluding hydrogens is 323 g/mol. The largest absolute Gasteiger partial charge is 0.352 e. The summed E-state index contributed by atoms with van der Waals surface area (Å²) in [6, 6.07) is 2.37. The number of imidazole rings is 1. The summed E-state index contributed by atoms with van der Waals surface area (Å²) >= 11 is 5.93. The Morgan fingerprint density at radius 3 is 2.74 bits per heavy atom. The zero-order chi connectivity index (χ0) is 17.0. The predicted molar refractivity (Wildman–Crippen MR) is 84.6 cm³/mol. The van der Waals surface area contributed by atoms with Gasteiger partial charge in [0.1, 0.15) is 5.82 Å². The van der Waals surface area contributed by atoms with Crippen molar-refractivity contribution in [3.8, 4) is 0 Å². The summed E-state index contributed by atoms with van der Waals surface area (Å²) in [6.07, 6.45) is 3.03. The minimum atomic E-state index is -0.589. The van der Waals surface area contributed by atoms with E-state index in [4.69, 9.17) is 11.6 Å². The van der Waals surface area contributed by atoms with Crippen LogP contribution in [0.25, 0.3) is 0 Å². The zero-order valence-electron chi connectivity index (χ0n) is 12.6. The van der Waals surface area contributed by atoms with Crippen molar-refractivity contribution < 1.29 is 14.0 Å². The van der Waals surface area contributed by atoms with E-state index in [-0.39, 0.29) is 40.5 Å². The van der Waals surface area contributed by atoms with Crippen LogP contribution in [0.3, 0.4) is 0 Å². The molecule has 0 radical (unpaired) electrons. The fourth-order valence-electron chi connectivity index (χ4n) is 1.80. The fraction of sp³-hybridized carbons (Fsp3) is 0.267. The number of benzene rings is 1. The van der Waals surface area contributed by atoms with Gasteiger partial charge in [-0.15, -0.1) is 0 Å². The molecule has 3 N–H and O–H groups in total. The molecule has 8 heteroatoms. The van der Waals surface area contributed by atoms with Gasteiger partial charge in [-0.05, 0) is 12.1 Å². The van der Waals surface area contributed by atoms with E-state index < -0.39 is 11.7 Å². The van der Waals surface area contributed by atoms with Crippen molar-refractivity contribution >= 4 is 29.4 Å². The molecule has 0 unspecified atom stereocenters. The van der Waals surface area contributed by atoms with E-state index in [0.29, 0.717) is 0 Å². The summed E-state index contributed by atoms with van der Waals surface area (Å²) in [7, 11) is 0. The number of H-pyrrole nitrogens is 1. The number of rotatable bonds is 5. The molecule has 0 bridgehead atoms. The van der Waals surface area contributed by atoms with E-state index in [2.05, 4.69) is 20.6 Å². The van der Waals surface area contributed by atoms with E-state index in [0.717, 1.165) is 6.07 Å². The monoisotopic (exact) mass is 338 g/mol. The molecule has 0 spiro atoms. The second-order valence-corrected chi connectivity index (χ2v) is 5.60. The van der Waals surface area contributed by atoms with E-state index in [1.54, 1.807) is 20.0 Å². The van der Waals surface area contributed by atoms with Crippen LogP contribution in [-0.4, -0.2) is 21.8 Å². The lowest BCUT2D eigenvalue weighted by atomic mass is 10.1. The topological polar surface area (TPSA) is 86.9 Å². The SMILES string of the molecule is CC(C)C(=O)NCc1cc(C(=O)Nc2ncc[nH]2)c(Cl)cc1F. The Kier molecular flexibility index (Phi) is 5.33. The molecule has 6 nitrogen and oxygen atoms in total. The first-order chi connectivity index (χ1) is 10.9. The van der Waals surface area contributed by atoms with Crippen molar-refractivity contribution in [2.75, 3.05) is 5.32 Å². The van der Waals surface area contributed by atoms with Gasteiger partial charge in [0.2, 0.25) is 11.9 Å². The minimum absolute atomic E-state index is 0.0227. The molecule has 1 aromatic heterocycles. The van der Waals surface area contributed by atoms with Gasteiger partial charge in [0.25, 0.3) is 5.91 Å². The molecule has 2 aromatic rings. The Morgan fingerprint density at radius 2 is 2.13 bits per heavy atom. The van der Waals surface area contributed by atoms with Crippen LogP contribution in [0.4, 0.5) is 10.3 Å². The number of carbonyl (C=O) groups excluding carboxylic acids is 2. The summed E-state index contributed by atoms with van der Waals surface area (Å²) in [6.45, 7) is 3.44. The minimum Gasteiger partial charge on any atom is -0.352 e. The molecule has 0 saturated heterocycles. The summed E-state index contributed by atoms with van der Waals surface area (Å²) in [5, 5.41) is 5.08. The Labute approximate surface area is 137 Å². The second-order valence-electron chi connectivity index (χ2n) is 5.19. The molecule has 0 aliphatic carbocycles. The first-order valence-electron chi connectivity index (χ1n) is 6.95. The van der Waals surface area contributed by atoms with Crippen molar-refractivity contribution in [1.29, 1.82) is 0 Å². The van der Waals surface area contributed by atoms with Crippen LogP contribution in [0.2, 0.25) is 5.02 Å². The van der Waals surface area contributed by atoms with Gasteiger partial charge in [-0.25, -0.2) is 9.37 Å². The van der Waals surface area contributed by atoms with Crippen LogP contribution < -0.4 is 10.6 Å². The number of amides is 2. The smallest absolute Gasteiger partial charge is 0.259 e. The molecule has 0 fully saturated rings. The van der Waals surface area contributed by atoms with Crippen LogP contribution in [0.5, 0.6) is 0 Å². The molecule has 122 valence electrons. The van der Waals surface area contributed by atoms with Crippen molar-refractivity contribution in [2.24, 2.45) is 5.92 Å². The maximum Gasteiger partial charge on any atom is 0.259 e. The molecule has 0 saturated carbocycles. The van der Waals surface area contributed by atoms with Crippen LogP contribution >= 0.6 is 11.6 Å². The van der Waals surface area contributed by atoms with Crippen molar-refractivity contribution in [3.05, 3.63) is 46.5 Å². The van der Waals surface area contributed by atoms with Gasteiger partial charge >= 0.3 is 0 Å². The van der Waals surface area contributed by atoms with E-state index in [1.807, 2.05) is 0 Å². The van der Waals surface area contributed by atoms with Crippen molar-refractivity contribution in [3.63, 3.8) is 0 Å². The maximum absolute atomic E-state index is 13.9.